The molecule has 0 aliphatic rings. The minimum Gasteiger partial charge on any atom is -0.357 e. The van der Waals surface area contributed by atoms with Gasteiger partial charge in [-0.2, -0.15) is 0 Å². The van der Waals surface area contributed by atoms with E-state index >= 15 is 0 Å². The Bertz CT molecular complexity index is 381. The molecule has 0 radical (unpaired) electrons. The first-order valence-electron chi connectivity index (χ1n) is 6.51. The molecule has 0 atom stereocenters. The minimum atomic E-state index is -0.281. The topological polar surface area (TPSA) is 28.2 Å². The highest BCUT2D eigenvalue weighted by Gasteiger charge is 2.14. The summed E-state index contributed by atoms with van der Waals surface area (Å²) in [4.78, 5) is 6.37. The number of pyridine rings is 1. The van der Waals surface area contributed by atoms with Crippen molar-refractivity contribution in [2.24, 2.45) is 0 Å². The zero-order valence-corrected chi connectivity index (χ0v) is 12.0. The van der Waals surface area contributed by atoms with Crippen molar-refractivity contribution in [3.63, 3.8) is 0 Å². The lowest BCUT2D eigenvalue weighted by molar-refractivity contribution is 0.423. The van der Waals surface area contributed by atoms with E-state index in [-0.39, 0.29) is 11.4 Å². The number of nitrogens with zero attached hydrogens (tertiary/aromatic N) is 2. The van der Waals surface area contributed by atoms with Crippen LogP contribution in [0, 0.1) is 5.82 Å². The lowest BCUT2D eigenvalue weighted by Crippen LogP contribution is -2.36. The van der Waals surface area contributed by atoms with Crippen LogP contribution in [-0.4, -0.2) is 23.6 Å². The van der Waals surface area contributed by atoms with Gasteiger partial charge in [0.15, 0.2) is 0 Å². The molecular weight excluding hydrogens is 229 g/mol. The van der Waals surface area contributed by atoms with Crippen LogP contribution in [0.15, 0.2) is 12.3 Å². The van der Waals surface area contributed by atoms with Crippen LogP contribution >= 0.6 is 0 Å². The number of anilines is 1. The Balaban J connectivity index is 2.96. The molecule has 4 heteroatoms. The smallest absolute Gasteiger partial charge is 0.141 e. The van der Waals surface area contributed by atoms with Gasteiger partial charge in [-0.25, -0.2) is 9.37 Å². The van der Waals surface area contributed by atoms with E-state index in [1.54, 1.807) is 6.07 Å². The predicted molar refractivity (Wildman–Crippen MR) is 74.3 cm³/mol. The first kappa shape index (κ1) is 14.9. The summed E-state index contributed by atoms with van der Waals surface area (Å²) in [6, 6.07) is 1.57. The van der Waals surface area contributed by atoms with E-state index in [1.165, 1.54) is 6.20 Å². The van der Waals surface area contributed by atoms with Crippen LogP contribution in [0.5, 0.6) is 0 Å². The van der Waals surface area contributed by atoms with Crippen molar-refractivity contribution in [2.45, 2.75) is 46.7 Å². The van der Waals surface area contributed by atoms with Gasteiger partial charge in [-0.05, 0) is 40.7 Å². The van der Waals surface area contributed by atoms with E-state index in [4.69, 9.17) is 0 Å². The summed E-state index contributed by atoms with van der Waals surface area (Å²) >= 11 is 0. The summed E-state index contributed by atoms with van der Waals surface area (Å²) in [5.41, 5.74) is 0.918. The highest BCUT2D eigenvalue weighted by molar-refractivity contribution is 5.46. The number of aromatic nitrogens is 1. The molecule has 0 aromatic carbocycles. The molecule has 3 nitrogen and oxygen atoms in total. The highest BCUT2D eigenvalue weighted by Crippen LogP contribution is 2.19. The second-order valence-corrected chi connectivity index (χ2v) is 5.41. The van der Waals surface area contributed by atoms with E-state index in [9.17, 15) is 4.39 Å². The molecule has 0 saturated carbocycles. The van der Waals surface area contributed by atoms with E-state index < -0.39 is 0 Å². The summed E-state index contributed by atoms with van der Waals surface area (Å²) in [7, 11) is 0. The van der Waals surface area contributed by atoms with Crippen LogP contribution in [0.2, 0.25) is 0 Å². The molecule has 102 valence electrons. The maximum atomic E-state index is 13.3. The molecule has 0 fully saturated rings. The van der Waals surface area contributed by atoms with Gasteiger partial charge in [-0.15, -0.1) is 0 Å². The second kappa shape index (κ2) is 6.14. The fourth-order valence-electron chi connectivity index (χ4n) is 1.77. The lowest BCUT2D eigenvalue weighted by Gasteiger charge is -2.25. The molecule has 1 heterocycles. The number of hydrogen-bond acceptors (Lipinski definition) is 3. The van der Waals surface area contributed by atoms with Crippen molar-refractivity contribution in [1.29, 1.82) is 0 Å². The lowest BCUT2D eigenvalue weighted by atomic mass is 10.1. The SMILES string of the molecule is CCN(CC)c1ncc(F)cc1CNC(C)(C)C. The molecule has 18 heavy (non-hydrogen) atoms. The Morgan fingerprint density at radius 1 is 1.28 bits per heavy atom. The highest BCUT2D eigenvalue weighted by atomic mass is 19.1. The van der Waals surface area contributed by atoms with E-state index in [2.05, 4.69) is 49.8 Å². The van der Waals surface area contributed by atoms with Gasteiger partial charge in [-0.1, -0.05) is 0 Å². The average molecular weight is 253 g/mol. The van der Waals surface area contributed by atoms with Gasteiger partial charge in [0.2, 0.25) is 0 Å². The van der Waals surface area contributed by atoms with Crippen molar-refractivity contribution >= 4 is 5.82 Å². The predicted octanol–water partition coefficient (Wildman–Crippen LogP) is 2.96. The minimum absolute atomic E-state index is 0.00679. The van der Waals surface area contributed by atoms with Crippen molar-refractivity contribution in [3.8, 4) is 0 Å². The fraction of sp³-hybridized carbons (Fsp3) is 0.643. The molecule has 1 N–H and O–H groups in total. The largest absolute Gasteiger partial charge is 0.357 e. The third-order valence-electron chi connectivity index (χ3n) is 2.78. The molecule has 0 spiro atoms. The average Bonchev–Trinajstić information content (AvgIpc) is 2.29. The summed E-state index contributed by atoms with van der Waals surface area (Å²) in [5, 5.41) is 3.38. The standard InChI is InChI=1S/C14H24FN3/c1-6-18(7-2)13-11(8-12(15)10-16-13)9-17-14(3,4)5/h8,10,17H,6-7,9H2,1-5H3. The zero-order valence-electron chi connectivity index (χ0n) is 12.0. The summed E-state index contributed by atoms with van der Waals surface area (Å²) in [6.45, 7) is 12.8. The van der Waals surface area contributed by atoms with E-state index in [1.807, 2.05) is 0 Å². The van der Waals surface area contributed by atoms with E-state index in [0.29, 0.717) is 6.54 Å². The first-order chi connectivity index (χ1) is 8.37. The summed E-state index contributed by atoms with van der Waals surface area (Å²) in [5.74, 6) is 0.592. The molecule has 0 unspecified atom stereocenters. The Morgan fingerprint density at radius 2 is 1.89 bits per heavy atom. The van der Waals surface area contributed by atoms with Gasteiger partial charge in [0, 0.05) is 30.7 Å². The van der Waals surface area contributed by atoms with Gasteiger partial charge in [-0.3, -0.25) is 0 Å². The molecule has 0 saturated heterocycles. The van der Waals surface area contributed by atoms with Gasteiger partial charge < -0.3 is 10.2 Å². The van der Waals surface area contributed by atoms with Gasteiger partial charge >= 0.3 is 0 Å². The van der Waals surface area contributed by atoms with Gasteiger partial charge in [0.1, 0.15) is 11.6 Å². The molecular formula is C14H24FN3. The van der Waals surface area contributed by atoms with Crippen LogP contribution in [0.1, 0.15) is 40.2 Å². The molecule has 1 aromatic rings. The van der Waals surface area contributed by atoms with Crippen LogP contribution in [0.4, 0.5) is 10.2 Å². The fourth-order valence-corrected chi connectivity index (χ4v) is 1.77. The number of rotatable bonds is 5. The van der Waals surface area contributed by atoms with Crippen molar-refractivity contribution in [1.82, 2.24) is 10.3 Å². The van der Waals surface area contributed by atoms with Crippen LogP contribution in [-0.2, 0) is 6.54 Å². The number of halogens is 1. The summed E-state index contributed by atoms with van der Waals surface area (Å²) < 4.78 is 13.3. The van der Waals surface area contributed by atoms with Crippen molar-refractivity contribution in [2.75, 3.05) is 18.0 Å². The van der Waals surface area contributed by atoms with Gasteiger partial charge in [0.05, 0.1) is 6.20 Å². The molecule has 1 aromatic heterocycles. The third kappa shape index (κ3) is 4.26. The quantitative estimate of drug-likeness (QED) is 0.874. The molecule has 0 aliphatic heterocycles. The molecule has 0 aliphatic carbocycles. The zero-order chi connectivity index (χ0) is 13.8. The number of hydrogen-bond donors (Lipinski definition) is 1. The Kier molecular flexibility index (Phi) is 5.08. The number of nitrogens with one attached hydrogen (secondary N) is 1. The van der Waals surface area contributed by atoms with E-state index in [0.717, 1.165) is 24.5 Å². The van der Waals surface area contributed by atoms with Crippen LogP contribution in [0.3, 0.4) is 0 Å². The Labute approximate surface area is 109 Å². The summed E-state index contributed by atoms with van der Waals surface area (Å²) in [6.07, 6.45) is 1.29. The van der Waals surface area contributed by atoms with Crippen LogP contribution in [0.25, 0.3) is 0 Å². The molecule has 1 rings (SSSR count). The van der Waals surface area contributed by atoms with Crippen molar-refractivity contribution < 1.29 is 4.39 Å². The Morgan fingerprint density at radius 3 is 2.39 bits per heavy atom. The second-order valence-electron chi connectivity index (χ2n) is 5.41. The van der Waals surface area contributed by atoms with Gasteiger partial charge in [0.25, 0.3) is 0 Å². The molecule has 0 amide bonds. The monoisotopic (exact) mass is 253 g/mol. The normalized spacial score (nSPS) is 11.7. The van der Waals surface area contributed by atoms with Crippen molar-refractivity contribution in [3.05, 3.63) is 23.6 Å². The molecule has 0 bridgehead atoms. The Hall–Kier alpha value is -1.16. The maximum Gasteiger partial charge on any atom is 0.141 e. The van der Waals surface area contributed by atoms with Crippen LogP contribution < -0.4 is 10.2 Å². The maximum absolute atomic E-state index is 13.3. The third-order valence-corrected chi connectivity index (χ3v) is 2.78. The first-order valence-corrected chi connectivity index (χ1v) is 6.51.